The average Bonchev–Trinajstić information content (AvgIpc) is 2.35. The molecule has 2 rings (SSSR count). The summed E-state index contributed by atoms with van der Waals surface area (Å²) in [5.74, 6) is 5.50. The number of nitrogens with one attached hydrogen (secondary N) is 2. The summed E-state index contributed by atoms with van der Waals surface area (Å²) in [6, 6.07) is 3.95. The van der Waals surface area contributed by atoms with E-state index in [-0.39, 0.29) is 10.6 Å². The number of hydrazine groups is 1. The number of nitro benzene ring substituents is 1. The number of nitrogens with zero attached hydrogens (tertiary/aromatic N) is 1. The van der Waals surface area contributed by atoms with E-state index in [0.29, 0.717) is 12.5 Å². The van der Waals surface area contributed by atoms with Crippen molar-refractivity contribution in [2.45, 2.75) is 24.2 Å². The van der Waals surface area contributed by atoms with Gasteiger partial charge >= 0.3 is 5.69 Å². The Labute approximate surface area is 116 Å². The van der Waals surface area contributed by atoms with Gasteiger partial charge < -0.3 is 5.43 Å². The third kappa shape index (κ3) is 2.89. The second kappa shape index (κ2) is 5.73. The maximum Gasteiger partial charge on any atom is 0.313 e. The van der Waals surface area contributed by atoms with Crippen molar-refractivity contribution in [1.82, 2.24) is 4.72 Å². The van der Waals surface area contributed by atoms with E-state index < -0.39 is 20.6 Å². The van der Waals surface area contributed by atoms with E-state index in [0.717, 1.165) is 19.3 Å². The van der Waals surface area contributed by atoms with Gasteiger partial charge in [0.15, 0.2) is 4.90 Å². The standard InChI is InChI=1S/C11H16N4O4S/c12-14-9-5-2-6-10(11(9)15(16)17)20(18,19)13-7-8-3-1-4-8/h2,5-6,8,13-14H,1,3-4,7,12H2. The quantitative estimate of drug-likeness (QED) is 0.408. The van der Waals surface area contributed by atoms with Crippen molar-refractivity contribution in [3.8, 4) is 0 Å². The third-order valence-electron chi connectivity index (χ3n) is 3.41. The van der Waals surface area contributed by atoms with E-state index in [1.54, 1.807) is 0 Å². The van der Waals surface area contributed by atoms with Gasteiger partial charge in [-0.2, -0.15) is 0 Å². The van der Waals surface area contributed by atoms with Crippen molar-refractivity contribution < 1.29 is 13.3 Å². The van der Waals surface area contributed by atoms with Crippen molar-refractivity contribution in [3.05, 3.63) is 28.3 Å². The Kier molecular flexibility index (Phi) is 4.21. The van der Waals surface area contributed by atoms with Gasteiger partial charge in [-0.25, -0.2) is 13.1 Å². The molecule has 1 saturated carbocycles. The van der Waals surface area contributed by atoms with E-state index in [1.165, 1.54) is 18.2 Å². The van der Waals surface area contributed by atoms with Crippen molar-refractivity contribution in [2.75, 3.05) is 12.0 Å². The molecule has 0 radical (unpaired) electrons. The summed E-state index contributed by atoms with van der Waals surface area (Å²) < 4.78 is 26.8. The summed E-state index contributed by atoms with van der Waals surface area (Å²) in [6.07, 6.45) is 3.06. The zero-order valence-electron chi connectivity index (χ0n) is 10.7. The number of hydrogen-bond acceptors (Lipinski definition) is 6. The average molecular weight is 300 g/mol. The highest BCUT2D eigenvalue weighted by atomic mass is 32.2. The number of hydrogen-bond donors (Lipinski definition) is 3. The monoisotopic (exact) mass is 300 g/mol. The minimum atomic E-state index is -3.93. The molecule has 20 heavy (non-hydrogen) atoms. The predicted octanol–water partition coefficient (Wildman–Crippen LogP) is 0.959. The predicted molar refractivity (Wildman–Crippen MR) is 73.4 cm³/mol. The van der Waals surface area contributed by atoms with Crippen LogP contribution < -0.4 is 16.0 Å². The number of para-hydroxylation sites is 1. The molecule has 110 valence electrons. The number of rotatable bonds is 6. The molecule has 1 aliphatic carbocycles. The van der Waals surface area contributed by atoms with E-state index in [1.807, 2.05) is 0 Å². The molecule has 0 heterocycles. The Hall–Kier alpha value is -1.71. The zero-order valence-corrected chi connectivity index (χ0v) is 11.5. The first kappa shape index (κ1) is 14.7. The number of nitrogens with two attached hydrogens (primary N) is 1. The molecule has 0 spiro atoms. The minimum absolute atomic E-state index is 0.0403. The fourth-order valence-corrected chi connectivity index (χ4v) is 3.35. The van der Waals surface area contributed by atoms with Gasteiger partial charge in [-0.1, -0.05) is 12.5 Å². The number of benzene rings is 1. The van der Waals surface area contributed by atoms with Gasteiger partial charge in [0.2, 0.25) is 10.0 Å². The van der Waals surface area contributed by atoms with Crippen LogP contribution in [0.25, 0.3) is 0 Å². The molecule has 0 bridgehead atoms. The van der Waals surface area contributed by atoms with Gasteiger partial charge in [0.05, 0.1) is 4.92 Å². The SMILES string of the molecule is NNc1cccc(S(=O)(=O)NCC2CCC2)c1[N+](=O)[O-]. The second-order valence-electron chi connectivity index (χ2n) is 4.70. The number of anilines is 1. The van der Waals surface area contributed by atoms with Crippen molar-refractivity contribution in [1.29, 1.82) is 0 Å². The first-order valence-electron chi connectivity index (χ1n) is 6.19. The molecular formula is C11H16N4O4S. The fraction of sp³-hybridized carbons (Fsp3) is 0.455. The van der Waals surface area contributed by atoms with Crippen molar-refractivity contribution >= 4 is 21.4 Å². The lowest BCUT2D eigenvalue weighted by Gasteiger charge is -2.25. The summed E-state index contributed by atoms with van der Waals surface area (Å²) in [6.45, 7) is 0.305. The summed E-state index contributed by atoms with van der Waals surface area (Å²) >= 11 is 0. The highest BCUT2D eigenvalue weighted by Crippen LogP contribution is 2.32. The summed E-state index contributed by atoms with van der Waals surface area (Å²) in [4.78, 5) is 9.94. The molecule has 1 aromatic carbocycles. The van der Waals surface area contributed by atoms with Gasteiger partial charge in [-0.3, -0.25) is 16.0 Å². The number of sulfonamides is 1. The molecule has 1 aliphatic rings. The van der Waals surface area contributed by atoms with E-state index in [9.17, 15) is 18.5 Å². The third-order valence-corrected chi connectivity index (χ3v) is 4.87. The molecule has 0 saturated heterocycles. The fourth-order valence-electron chi connectivity index (χ4n) is 2.05. The van der Waals surface area contributed by atoms with Crippen LogP contribution in [0.1, 0.15) is 19.3 Å². The van der Waals surface area contributed by atoms with Crippen molar-refractivity contribution in [3.63, 3.8) is 0 Å². The number of nitro groups is 1. The van der Waals surface area contributed by atoms with Crippen LogP contribution in [0.5, 0.6) is 0 Å². The van der Waals surface area contributed by atoms with Crippen LogP contribution in [0.2, 0.25) is 0 Å². The molecule has 1 aromatic rings. The number of nitrogen functional groups attached to an aromatic ring is 1. The second-order valence-corrected chi connectivity index (χ2v) is 6.44. The van der Waals surface area contributed by atoms with Crippen LogP contribution >= 0.6 is 0 Å². The molecular weight excluding hydrogens is 284 g/mol. The zero-order chi connectivity index (χ0) is 14.8. The lowest BCUT2D eigenvalue weighted by Crippen LogP contribution is -2.32. The molecule has 4 N–H and O–H groups in total. The van der Waals surface area contributed by atoms with E-state index >= 15 is 0 Å². The van der Waals surface area contributed by atoms with Gasteiger partial charge in [-0.15, -0.1) is 0 Å². The van der Waals surface area contributed by atoms with Gasteiger partial charge in [-0.05, 0) is 30.9 Å². The maximum atomic E-state index is 12.2. The van der Waals surface area contributed by atoms with Crippen LogP contribution in [0.15, 0.2) is 23.1 Å². The van der Waals surface area contributed by atoms with Gasteiger partial charge in [0.1, 0.15) is 5.69 Å². The highest BCUT2D eigenvalue weighted by molar-refractivity contribution is 7.89. The summed E-state index contributed by atoms with van der Waals surface area (Å²) in [7, 11) is -3.93. The molecule has 0 atom stereocenters. The van der Waals surface area contributed by atoms with Crippen LogP contribution in [0.4, 0.5) is 11.4 Å². The summed E-state index contributed by atoms with van der Waals surface area (Å²) in [5.41, 5.74) is 1.56. The molecule has 8 nitrogen and oxygen atoms in total. The van der Waals surface area contributed by atoms with Crippen LogP contribution in [-0.4, -0.2) is 19.9 Å². The largest absolute Gasteiger partial charge is 0.318 e. The lowest BCUT2D eigenvalue weighted by molar-refractivity contribution is -0.386. The van der Waals surface area contributed by atoms with Crippen LogP contribution in [-0.2, 0) is 10.0 Å². The maximum absolute atomic E-state index is 12.2. The van der Waals surface area contributed by atoms with Crippen LogP contribution in [0, 0.1) is 16.0 Å². The molecule has 1 fully saturated rings. The van der Waals surface area contributed by atoms with E-state index in [4.69, 9.17) is 5.84 Å². The first-order chi connectivity index (χ1) is 9.45. The molecule has 0 aliphatic heterocycles. The summed E-state index contributed by atoms with van der Waals surface area (Å²) in [5, 5.41) is 11.1. The Bertz CT molecular complexity index is 613. The van der Waals surface area contributed by atoms with Gasteiger partial charge in [0, 0.05) is 6.54 Å². The normalized spacial score (nSPS) is 15.7. The Morgan fingerprint density at radius 2 is 2.10 bits per heavy atom. The minimum Gasteiger partial charge on any atom is -0.318 e. The topological polar surface area (TPSA) is 127 Å². The van der Waals surface area contributed by atoms with Crippen molar-refractivity contribution in [2.24, 2.45) is 11.8 Å². The molecule has 0 aromatic heterocycles. The molecule has 0 amide bonds. The smallest absolute Gasteiger partial charge is 0.313 e. The highest BCUT2D eigenvalue weighted by Gasteiger charge is 2.29. The Morgan fingerprint density at radius 1 is 1.40 bits per heavy atom. The Morgan fingerprint density at radius 3 is 2.60 bits per heavy atom. The van der Waals surface area contributed by atoms with Gasteiger partial charge in [0.25, 0.3) is 0 Å². The van der Waals surface area contributed by atoms with Crippen LogP contribution in [0.3, 0.4) is 0 Å². The van der Waals surface area contributed by atoms with E-state index in [2.05, 4.69) is 10.1 Å². The molecule has 9 heteroatoms. The molecule has 0 unspecified atom stereocenters. The lowest BCUT2D eigenvalue weighted by atomic mass is 9.86. The Balaban J connectivity index is 2.32. The first-order valence-corrected chi connectivity index (χ1v) is 7.67.